The highest BCUT2D eigenvalue weighted by molar-refractivity contribution is 7.07. The largest absolute Gasteiger partial charge is 0.463 e. The second kappa shape index (κ2) is 11.9. The summed E-state index contributed by atoms with van der Waals surface area (Å²) in [6, 6.07) is 20.4. The fourth-order valence-corrected chi connectivity index (χ4v) is 6.27. The molecule has 5 aromatic rings. The molecule has 11 heteroatoms. The van der Waals surface area contributed by atoms with Crippen LogP contribution < -0.4 is 14.9 Å². The number of hydrogen-bond donors (Lipinski definition) is 0. The van der Waals surface area contributed by atoms with E-state index in [1.54, 1.807) is 39.0 Å². The average Bonchev–Trinajstić information content (AvgIpc) is 3.62. The first-order chi connectivity index (χ1) is 21.7. The number of hydrogen-bond acceptors (Lipinski definition) is 8. The second-order valence-electron chi connectivity index (χ2n) is 10.4. The van der Waals surface area contributed by atoms with Gasteiger partial charge in [0, 0.05) is 28.8 Å². The highest BCUT2D eigenvalue weighted by Crippen LogP contribution is 2.35. The van der Waals surface area contributed by atoms with Gasteiger partial charge in [-0.3, -0.25) is 19.5 Å². The molecule has 9 nitrogen and oxygen atoms in total. The van der Waals surface area contributed by atoms with Crippen molar-refractivity contribution in [1.82, 2.24) is 4.57 Å². The van der Waals surface area contributed by atoms with Crippen molar-refractivity contribution in [3.05, 3.63) is 148 Å². The zero-order chi connectivity index (χ0) is 31.8. The summed E-state index contributed by atoms with van der Waals surface area (Å²) >= 11 is 1.12. The summed E-state index contributed by atoms with van der Waals surface area (Å²) in [6.07, 6.45) is 1.57. The SMILES string of the molecule is CCOC(=O)C1=C(c2ccccc2)N=c2s/c(=C\c3ccc(-c4cc(C)c(C)c([N+](=O)[O-])c4)o3)c(=O)n2[C@H]1c1ccc(F)cc1. The number of aromatic nitrogens is 1. The van der Waals surface area contributed by atoms with Gasteiger partial charge in [0.15, 0.2) is 4.80 Å². The van der Waals surface area contributed by atoms with Crippen LogP contribution in [-0.4, -0.2) is 22.1 Å². The van der Waals surface area contributed by atoms with E-state index in [-0.39, 0.29) is 22.4 Å². The maximum atomic E-state index is 14.0. The number of aryl methyl sites for hydroxylation is 1. The van der Waals surface area contributed by atoms with Crippen LogP contribution in [0.1, 0.15) is 41.0 Å². The predicted octanol–water partition coefficient (Wildman–Crippen LogP) is 5.86. The molecule has 3 heterocycles. The van der Waals surface area contributed by atoms with Crippen LogP contribution in [0.5, 0.6) is 0 Å². The third kappa shape index (κ3) is 5.53. The van der Waals surface area contributed by atoms with E-state index in [2.05, 4.69) is 0 Å². The van der Waals surface area contributed by atoms with E-state index in [4.69, 9.17) is 14.1 Å². The number of thiazole rings is 1. The van der Waals surface area contributed by atoms with Crippen LogP contribution in [-0.2, 0) is 9.53 Å². The van der Waals surface area contributed by atoms with Crippen LogP contribution in [0.25, 0.3) is 23.1 Å². The van der Waals surface area contributed by atoms with Gasteiger partial charge >= 0.3 is 5.97 Å². The standard InChI is InChI=1S/C34H26FN3O6S/c1-4-43-33(40)29-30(21-8-6-5-7-9-21)36-34-37(31(29)22-10-12-24(35)13-11-22)32(39)28(45-34)18-25-14-15-27(44-25)23-16-19(2)20(3)26(17-23)38(41)42/h5-18,31H,4H2,1-3H3/b28-18-/t31-/m0/s1. The summed E-state index contributed by atoms with van der Waals surface area (Å²) in [4.78, 5) is 43.8. The Morgan fingerprint density at radius 2 is 1.82 bits per heavy atom. The third-order valence-electron chi connectivity index (χ3n) is 7.58. The molecule has 6 rings (SSSR count). The number of benzene rings is 3. The van der Waals surface area contributed by atoms with E-state index in [1.807, 2.05) is 36.4 Å². The maximum Gasteiger partial charge on any atom is 0.338 e. The molecule has 0 aliphatic carbocycles. The Bertz CT molecular complexity index is 2180. The molecule has 226 valence electrons. The molecule has 0 fully saturated rings. The Morgan fingerprint density at radius 3 is 2.51 bits per heavy atom. The van der Waals surface area contributed by atoms with Crippen molar-refractivity contribution in [3.63, 3.8) is 0 Å². The van der Waals surface area contributed by atoms with E-state index in [0.717, 1.165) is 16.9 Å². The first-order valence-corrected chi connectivity index (χ1v) is 14.9. The Kier molecular flexibility index (Phi) is 7.86. The van der Waals surface area contributed by atoms with E-state index in [0.29, 0.717) is 44.3 Å². The lowest BCUT2D eigenvalue weighted by molar-refractivity contribution is -0.385. The average molecular weight is 624 g/mol. The third-order valence-corrected chi connectivity index (χ3v) is 8.56. The smallest absolute Gasteiger partial charge is 0.338 e. The number of nitro groups is 1. The summed E-state index contributed by atoms with van der Waals surface area (Å²) in [6.45, 7) is 5.29. The number of nitrogens with zero attached hydrogens (tertiary/aromatic N) is 3. The van der Waals surface area contributed by atoms with Gasteiger partial charge in [-0.2, -0.15) is 0 Å². The number of halogens is 1. The summed E-state index contributed by atoms with van der Waals surface area (Å²) in [5.41, 5.74) is 3.09. The van der Waals surface area contributed by atoms with Crippen LogP contribution in [0.2, 0.25) is 0 Å². The lowest BCUT2D eigenvalue weighted by atomic mass is 9.93. The molecule has 0 bridgehead atoms. The molecule has 1 aliphatic heterocycles. The molecule has 45 heavy (non-hydrogen) atoms. The van der Waals surface area contributed by atoms with Crippen LogP contribution in [0.4, 0.5) is 10.1 Å². The van der Waals surface area contributed by atoms with Crippen LogP contribution in [0, 0.1) is 29.8 Å². The number of furan rings is 1. The van der Waals surface area contributed by atoms with Gasteiger partial charge in [-0.05, 0) is 62.2 Å². The van der Waals surface area contributed by atoms with Gasteiger partial charge < -0.3 is 9.15 Å². The Hall–Kier alpha value is -5.42. The molecule has 3 aromatic carbocycles. The molecule has 0 amide bonds. The number of rotatable bonds is 7. The molecule has 0 saturated carbocycles. The van der Waals surface area contributed by atoms with Crippen molar-refractivity contribution in [3.8, 4) is 11.3 Å². The zero-order valence-corrected chi connectivity index (χ0v) is 25.3. The second-order valence-corrected chi connectivity index (χ2v) is 11.4. The quantitative estimate of drug-likeness (QED) is 0.127. The molecule has 0 unspecified atom stereocenters. The summed E-state index contributed by atoms with van der Waals surface area (Å²) in [7, 11) is 0. The number of carbonyl (C=O) groups is 1. The number of ether oxygens (including phenoxy) is 1. The van der Waals surface area contributed by atoms with Gasteiger partial charge in [0.25, 0.3) is 11.2 Å². The number of esters is 1. The number of fused-ring (bicyclic) bond motifs is 1. The van der Waals surface area contributed by atoms with Gasteiger partial charge in [0.2, 0.25) is 0 Å². The van der Waals surface area contributed by atoms with Crippen LogP contribution in [0.3, 0.4) is 0 Å². The monoisotopic (exact) mass is 623 g/mol. The first-order valence-electron chi connectivity index (χ1n) is 14.1. The van der Waals surface area contributed by atoms with E-state index in [1.165, 1.54) is 34.9 Å². The van der Waals surface area contributed by atoms with E-state index < -0.39 is 28.3 Å². The Balaban J connectivity index is 1.53. The van der Waals surface area contributed by atoms with E-state index in [9.17, 15) is 24.1 Å². The topological polar surface area (TPSA) is 117 Å². The first kappa shape index (κ1) is 29.6. The molecular weight excluding hydrogens is 597 g/mol. The summed E-state index contributed by atoms with van der Waals surface area (Å²) in [5, 5.41) is 11.6. The van der Waals surface area contributed by atoms with Crippen molar-refractivity contribution >= 4 is 34.8 Å². The van der Waals surface area contributed by atoms with Crippen molar-refractivity contribution in [1.29, 1.82) is 0 Å². The van der Waals surface area contributed by atoms with Crippen molar-refractivity contribution < 1.29 is 23.3 Å². The summed E-state index contributed by atoms with van der Waals surface area (Å²) < 4.78 is 27.1. The fourth-order valence-electron chi connectivity index (χ4n) is 5.29. The Morgan fingerprint density at radius 1 is 1.09 bits per heavy atom. The zero-order valence-electron chi connectivity index (χ0n) is 24.4. The van der Waals surface area contributed by atoms with Gasteiger partial charge in [-0.25, -0.2) is 14.2 Å². The van der Waals surface area contributed by atoms with Gasteiger partial charge in [-0.1, -0.05) is 53.8 Å². The molecule has 1 atom stereocenters. The molecule has 2 aromatic heterocycles. The maximum absolute atomic E-state index is 14.0. The lowest BCUT2D eigenvalue weighted by Crippen LogP contribution is -2.40. The molecule has 0 saturated heterocycles. The van der Waals surface area contributed by atoms with Gasteiger partial charge in [-0.15, -0.1) is 0 Å². The minimum absolute atomic E-state index is 0.0105. The van der Waals surface area contributed by atoms with Crippen molar-refractivity contribution in [2.45, 2.75) is 26.8 Å². The van der Waals surface area contributed by atoms with Crippen LogP contribution >= 0.6 is 11.3 Å². The van der Waals surface area contributed by atoms with Crippen LogP contribution in [0.15, 0.2) is 98.6 Å². The van der Waals surface area contributed by atoms with Crippen molar-refractivity contribution in [2.75, 3.05) is 6.61 Å². The summed E-state index contributed by atoms with van der Waals surface area (Å²) in [5.74, 6) is -0.344. The van der Waals surface area contributed by atoms with Gasteiger partial charge in [0.1, 0.15) is 17.3 Å². The molecule has 0 spiro atoms. The number of carbonyl (C=O) groups excluding carboxylic acids is 1. The molecular formula is C34H26FN3O6S. The minimum atomic E-state index is -0.943. The highest BCUT2D eigenvalue weighted by Gasteiger charge is 2.35. The normalized spacial score (nSPS) is 14.7. The highest BCUT2D eigenvalue weighted by atomic mass is 32.1. The minimum Gasteiger partial charge on any atom is -0.463 e. The lowest BCUT2D eigenvalue weighted by Gasteiger charge is -2.25. The van der Waals surface area contributed by atoms with Gasteiger partial charge in [0.05, 0.1) is 33.4 Å². The number of nitro benzene ring substituents is 1. The fraction of sp³-hybridized carbons (Fsp3) is 0.147. The molecule has 0 radical (unpaired) electrons. The van der Waals surface area contributed by atoms with E-state index >= 15 is 0 Å². The molecule has 0 N–H and O–H groups in total. The Labute approximate surface area is 260 Å². The van der Waals surface area contributed by atoms with Crippen molar-refractivity contribution in [2.24, 2.45) is 4.99 Å². The predicted molar refractivity (Wildman–Crippen MR) is 168 cm³/mol. The molecule has 1 aliphatic rings.